The van der Waals surface area contributed by atoms with E-state index >= 15 is 0 Å². The number of hydrogen-bond donors (Lipinski definition) is 2. The van der Waals surface area contributed by atoms with E-state index in [2.05, 4.69) is 4.99 Å². The highest BCUT2D eigenvalue weighted by Gasteiger charge is 2.38. The summed E-state index contributed by atoms with van der Waals surface area (Å²) in [6.45, 7) is -0.815. The van der Waals surface area contributed by atoms with Crippen molar-refractivity contribution < 1.29 is 13.5 Å². The summed E-state index contributed by atoms with van der Waals surface area (Å²) < 4.78 is 32.1. The van der Waals surface area contributed by atoms with E-state index in [1.165, 1.54) is 18.2 Å². The highest BCUT2D eigenvalue weighted by molar-refractivity contribution is 5.85. The van der Waals surface area contributed by atoms with Crippen LogP contribution in [0.3, 0.4) is 0 Å². The molecule has 18 heavy (non-hydrogen) atoms. The zero-order valence-electron chi connectivity index (χ0n) is 9.53. The molecule has 2 rings (SSSR count). The minimum absolute atomic E-state index is 0. The maximum atomic E-state index is 13.7. The maximum Gasteiger partial charge on any atom is 0.142 e. The van der Waals surface area contributed by atoms with Crippen LogP contribution in [-0.2, 0) is 10.3 Å². The highest BCUT2D eigenvalue weighted by atomic mass is 35.5. The van der Waals surface area contributed by atoms with Gasteiger partial charge in [-0.25, -0.2) is 8.78 Å². The van der Waals surface area contributed by atoms with E-state index in [9.17, 15) is 8.78 Å². The molecule has 0 unspecified atom stereocenters. The predicted octanol–water partition coefficient (Wildman–Crippen LogP) is 1.38. The van der Waals surface area contributed by atoms with E-state index in [1.54, 1.807) is 0 Å². The number of halogens is 3. The quantitative estimate of drug-likeness (QED) is 0.802. The van der Waals surface area contributed by atoms with Gasteiger partial charge in [-0.1, -0.05) is 0 Å². The summed E-state index contributed by atoms with van der Waals surface area (Å²) in [6.07, 6.45) is 0. The molecule has 1 heterocycles. The number of nitrogen functional groups attached to an aromatic ring is 1. The topological polar surface area (TPSA) is 73.6 Å². The Hall–Kier alpha value is -1.40. The van der Waals surface area contributed by atoms with Crippen LogP contribution in [0.2, 0.25) is 0 Å². The number of anilines is 1. The number of amidine groups is 1. The largest absolute Gasteiger partial charge is 0.399 e. The Morgan fingerprint density at radius 2 is 2.11 bits per heavy atom. The van der Waals surface area contributed by atoms with Gasteiger partial charge in [0.2, 0.25) is 0 Å². The Morgan fingerprint density at radius 1 is 1.39 bits per heavy atom. The lowest BCUT2D eigenvalue weighted by atomic mass is 9.91. The fourth-order valence-corrected chi connectivity index (χ4v) is 1.84. The van der Waals surface area contributed by atoms with Gasteiger partial charge < -0.3 is 16.2 Å². The van der Waals surface area contributed by atoms with Gasteiger partial charge >= 0.3 is 0 Å². The van der Waals surface area contributed by atoms with Crippen LogP contribution < -0.4 is 11.5 Å². The smallest absolute Gasteiger partial charge is 0.142 e. The highest BCUT2D eigenvalue weighted by Crippen LogP contribution is 2.32. The molecule has 0 fully saturated rings. The molecule has 7 heteroatoms. The molecular weight excluding hydrogens is 264 g/mol. The van der Waals surface area contributed by atoms with Gasteiger partial charge in [-0.15, -0.1) is 12.4 Å². The molecule has 1 atom stereocenters. The van der Waals surface area contributed by atoms with Crippen LogP contribution in [0.15, 0.2) is 23.2 Å². The van der Waals surface area contributed by atoms with E-state index in [-0.39, 0.29) is 37.0 Å². The zero-order valence-corrected chi connectivity index (χ0v) is 10.3. The number of nitrogens with zero attached hydrogens (tertiary/aromatic N) is 1. The van der Waals surface area contributed by atoms with Gasteiger partial charge in [0.05, 0.1) is 6.61 Å². The second-order valence-electron chi connectivity index (χ2n) is 4.00. The number of hydrogen-bond acceptors (Lipinski definition) is 4. The SMILES string of the molecule is Cl.NC1=N[C@](CF)(c2cc(N)ccc2F)COC1. The fourth-order valence-electron chi connectivity index (χ4n) is 1.84. The van der Waals surface area contributed by atoms with Crippen molar-refractivity contribution in [1.29, 1.82) is 0 Å². The molecule has 1 aliphatic heterocycles. The Bertz CT molecular complexity index is 470. The molecule has 0 radical (unpaired) electrons. The van der Waals surface area contributed by atoms with Crippen LogP contribution in [0.1, 0.15) is 5.56 Å². The second-order valence-corrected chi connectivity index (χ2v) is 4.00. The molecule has 4 N–H and O–H groups in total. The molecule has 1 aromatic rings. The standard InChI is InChI=1S/C11H13F2N3O.ClH/c12-5-11(6-17-4-10(15)16-11)8-3-7(14)1-2-9(8)13;/h1-3H,4-6,14H2,(H2,15,16);1H/t11-;/m0./s1. The molecule has 0 spiro atoms. The Balaban J connectivity index is 0.00000162. The number of nitrogens with two attached hydrogens (primary N) is 2. The van der Waals surface area contributed by atoms with Gasteiger partial charge in [-0.3, -0.25) is 4.99 Å². The molecule has 0 saturated carbocycles. The molecule has 0 aliphatic carbocycles. The number of benzene rings is 1. The number of rotatable bonds is 2. The summed E-state index contributed by atoms with van der Waals surface area (Å²) in [4.78, 5) is 4.00. The van der Waals surface area contributed by atoms with Crippen molar-refractivity contribution >= 4 is 23.9 Å². The number of aliphatic imine (C=N–C) groups is 1. The first-order valence-electron chi connectivity index (χ1n) is 5.11. The van der Waals surface area contributed by atoms with Crippen LogP contribution in [0, 0.1) is 5.82 Å². The van der Waals surface area contributed by atoms with Gasteiger partial charge in [-0.2, -0.15) is 0 Å². The lowest BCUT2D eigenvalue weighted by Crippen LogP contribution is -2.42. The first kappa shape index (κ1) is 14.7. The van der Waals surface area contributed by atoms with Crippen LogP contribution in [-0.4, -0.2) is 25.7 Å². The van der Waals surface area contributed by atoms with Gasteiger partial charge in [-0.05, 0) is 18.2 Å². The summed E-state index contributed by atoms with van der Waals surface area (Å²) in [6, 6.07) is 3.95. The molecule has 0 amide bonds. The zero-order chi connectivity index (χ0) is 12.5. The van der Waals surface area contributed by atoms with Crippen molar-refractivity contribution in [3.63, 3.8) is 0 Å². The van der Waals surface area contributed by atoms with E-state index < -0.39 is 18.0 Å². The second kappa shape index (κ2) is 5.49. The lowest BCUT2D eigenvalue weighted by molar-refractivity contribution is 0.0809. The van der Waals surface area contributed by atoms with Gasteiger partial charge in [0.25, 0.3) is 0 Å². The molecule has 4 nitrogen and oxygen atoms in total. The third kappa shape index (κ3) is 2.54. The van der Waals surface area contributed by atoms with Gasteiger partial charge in [0.1, 0.15) is 30.5 Å². The molecule has 0 aromatic heterocycles. The molecular formula is C11H14ClF2N3O. The van der Waals surface area contributed by atoms with E-state index in [4.69, 9.17) is 16.2 Å². The number of ether oxygens (including phenoxy) is 1. The van der Waals surface area contributed by atoms with Crippen molar-refractivity contribution in [3.8, 4) is 0 Å². The summed E-state index contributed by atoms with van der Waals surface area (Å²) >= 11 is 0. The van der Waals surface area contributed by atoms with Crippen molar-refractivity contribution in [3.05, 3.63) is 29.6 Å². The van der Waals surface area contributed by atoms with Gasteiger partial charge in [0.15, 0.2) is 0 Å². The average Bonchev–Trinajstić information content (AvgIpc) is 2.32. The van der Waals surface area contributed by atoms with Crippen molar-refractivity contribution in [2.75, 3.05) is 25.6 Å². The third-order valence-corrected chi connectivity index (χ3v) is 2.66. The van der Waals surface area contributed by atoms with Crippen LogP contribution >= 0.6 is 12.4 Å². The van der Waals surface area contributed by atoms with Gasteiger partial charge in [0, 0.05) is 11.3 Å². The first-order chi connectivity index (χ1) is 8.07. The molecule has 1 aliphatic rings. The van der Waals surface area contributed by atoms with E-state index in [1.807, 2.05) is 0 Å². The van der Waals surface area contributed by atoms with E-state index in [0.29, 0.717) is 5.69 Å². The van der Waals surface area contributed by atoms with Crippen molar-refractivity contribution in [1.82, 2.24) is 0 Å². The third-order valence-electron chi connectivity index (χ3n) is 2.66. The molecule has 1 aromatic carbocycles. The molecule has 100 valence electrons. The first-order valence-corrected chi connectivity index (χ1v) is 5.11. The van der Waals surface area contributed by atoms with Crippen molar-refractivity contribution in [2.45, 2.75) is 5.54 Å². The molecule has 0 saturated heterocycles. The summed E-state index contributed by atoms with van der Waals surface area (Å²) in [5.41, 5.74) is 10.1. The van der Waals surface area contributed by atoms with Crippen LogP contribution in [0.4, 0.5) is 14.5 Å². The molecule has 0 bridgehead atoms. The fraction of sp³-hybridized carbons (Fsp3) is 0.364. The minimum atomic E-state index is -1.41. The summed E-state index contributed by atoms with van der Waals surface area (Å²) in [7, 11) is 0. The summed E-state index contributed by atoms with van der Waals surface area (Å²) in [5, 5.41) is 0. The van der Waals surface area contributed by atoms with Crippen molar-refractivity contribution in [2.24, 2.45) is 10.7 Å². The normalized spacial score (nSPS) is 23.1. The lowest BCUT2D eigenvalue weighted by Gasteiger charge is -2.31. The maximum absolute atomic E-state index is 13.7. The monoisotopic (exact) mass is 277 g/mol. The van der Waals surface area contributed by atoms with Crippen LogP contribution in [0.5, 0.6) is 0 Å². The Morgan fingerprint density at radius 3 is 2.72 bits per heavy atom. The Kier molecular flexibility index (Phi) is 4.48. The summed E-state index contributed by atoms with van der Waals surface area (Å²) in [5.74, 6) is -0.422. The number of alkyl halides is 1. The Labute approximate surface area is 109 Å². The average molecular weight is 278 g/mol. The van der Waals surface area contributed by atoms with Crippen LogP contribution in [0.25, 0.3) is 0 Å². The predicted molar refractivity (Wildman–Crippen MR) is 68.2 cm³/mol. The minimum Gasteiger partial charge on any atom is -0.399 e. The van der Waals surface area contributed by atoms with E-state index in [0.717, 1.165) is 0 Å².